The van der Waals surface area contributed by atoms with E-state index in [1.807, 2.05) is 62.4 Å². The van der Waals surface area contributed by atoms with E-state index in [0.717, 1.165) is 16.7 Å². The fourth-order valence-electron chi connectivity index (χ4n) is 2.76. The van der Waals surface area contributed by atoms with Crippen LogP contribution in [0.15, 0.2) is 72.8 Å². The molecule has 0 saturated carbocycles. The number of aryl methyl sites for hydroxylation is 2. The minimum absolute atomic E-state index is 0.291. The van der Waals surface area contributed by atoms with Crippen molar-refractivity contribution in [3.63, 3.8) is 0 Å². The number of hydrogen-bond donors (Lipinski definition) is 1. The van der Waals surface area contributed by atoms with E-state index in [1.54, 1.807) is 24.3 Å². The lowest BCUT2D eigenvalue weighted by Gasteiger charge is -2.10. The van der Waals surface area contributed by atoms with E-state index >= 15 is 0 Å². The summed E-state index contributed by atoms with van der Waals surface area (Å²) in [5.41, 5.74) is 3.74. The van der Waals surface area contributed by atoms with Crippen molar-refractivity contribution < 1.29 is 23.8 Å². The predicted octanol–water partition coefficient (Wildman–Crippen LogP) is 4.44. The molecule has 0 heterocycles. The molecular formula is C25H25NO5. The summed E-state index contributed by atoms with van der Waals surface area (Å²) in [5, 5.41) is 2.74. The lowest BCUT2D eigenvalue weighted by molar-refractivity contribution is -0.149. The van der Waals surface area contributed by atoms with Crippen molar-refractivity contribution in [1.29, 1.82) is 0 Å². The Morgan fingerprint density at radius 2 is 1.48 bits per heavy atom. The van der Waals surface area contributed by atoms with Gasteiger partial charge in [-0.1, -0.05) is 42.5 Å². The van der Waals surface area contributed by atoms with Gasteiger partial charge in [0, 0.05) is 5.69 Å². The van der Waals surface area contributed by atoms with E-state index in [4.69, 9.17) is 14.2 Å². The molecule has 0 aliphatic carbocycles. The number of nitrogens with one attached hydrogen (secondary N) is 1. The number of amides is 1. The molecule has 3 aromatic carbocycles. The van der Waals surface area contributed by atoms with Crippen LogP contribution in [0.3, 0.4) is 0 Å². The number of carbonyl (C=O) groups excluding carboxylic acids is 2. The van der Waals surface area contributed by atoms with Crippen molar-refractivity contribution in [3.05, 3.63) is 89.5 Å². The highest BCUT2D eigenvalue weighted by Gasteiger charge is 2.10. The predicted molar refractivity (Wildman–Crippen MR) is 118 cm³/mol. The van der Waals surface area contributed by atoms with Crippen molar-refractivity contribution in [2.24, 2.45) is 0 Å². The van der Waals surface area contributed by atoms with Crippen molar-refractivity contribution in [1.82, 2.24) is 0 Å². The lowest BCUT2D eigenvalue weighted by Crippen LogP contribution is -2.24. The van der Waals surface area contributed by atoms with Gasteiger partial charge in [0.25, 0.3) is 5.91 Å². The Hall–Kier alpha value is -3.80. The van der Waals surface area contributed by atoms with Gasteiger partial charge in [0.15, 0.2) is 13.2 Å². The molecule has 3 aromatic rings. The van der Waals surface area contributed by atoms with Gasteiger partial charge in [-0.25, -0.2) is 4.79 Å². The molecule has 0 aliphatic heterocycles. The summed E-state index contributed by atoms with van der Waals surface area (Å²) >= 11 is 0. The largest absolute Gasteiger partial charge is 0.489 e. The van der Waals surface area contributed by atoms with Crippen LogP contribution in [0, 0.1) is 13.8 Å². The molecule has 3 rings (SSSR count). The van der Waals surface area contributed by atoms with Gasteiger partial charge in [-0.2, -0.15) is 0 Å². The molecule has 1 N–H and O–H groups in total. The first-order valence-electron chi connectivity index (χ1n) is 9.92. The second-order valence-corrected chi connectivity index (χ2v) is 7.06. The van der Waals surface area contributed by atoms with Crippen LogP contribution < -0.4 is 14.8 Å². The van der Waals surface area contributed by atoms with Crippen LogP contribution in [0.5, 0.6) is 11.5 Å². The molecule has 0 fully saturated rings. The van der Waals surface area contributed by atoms with Crippen LogP contribution in [-0.4, -0.2) is 25.1 Å². The molecular weight excluding hydrogens is 394 g/mol. The van der Waals surface area contributed by atoms with E-state index in [1.165, 1.54) is 0 Å². The van der Waals surface area contributed by atoms with Crippen LogP contribution in [0.4, 0.5) is 5.69 Å². The van der Waals surface area contributed by atoms with Crippen molar-refractivity contribution >= 4 is 17.6 Å². The first-order valence-corrected chi connectivity index (χ1v) is 9.92. The summed E-state index contributed by atoms with van der Waals surface area (Å²) < 4.78 is 16.1. The van der Waals surface area contributed by atoms with E-state index in [-0.39, 0.29) is 13.2 Å². The van der Waals surface area contributed by atoms with Crippen LogP contribution in [0.2, 0.25) is 0 Å². The Bertz CT molecular complexity index is 1020. The van der Waals surface area contributed by atoms with Crippen molar-refractivity contribution in [2.45, 2.75) is 20.5 Å². The molecule has 1 amide bonds. The van der Waals surface area contributed by atoms with Crippen LogP contribution in [0.25, 0.3) is 0 Å². The van der Waals surface area contributed by atoms with Crippen LogP contribution in [0.1, 0.15) is 16.7 Å². The van der Waals surface area contributed by atoms with E-state index < -0.39 is 11.9 Å². The highest BCUT2D eigenvalue weighted by Crippen LogP contribution is 2.19. The standard InChI is InChI=1S/C25H25NO5/c1-18-8-9-19(2)23(14-18)26-24(27)16-31-25(28)17-30-22-12-10-21(11-13-22)29-15-20-6-4-3-5-7-20/h3-14H,15-17H2,1-2H3,(H,26,27). The number of benzene rings is 3. The Morgan fingerprint density at radius 3 is 2.19 bits per heavy atom. The van der Waals surface area contributed by atoms with E-state index in [0.29, 0.717) is 23.8 Å². The summed E-state index contributed by atoms with van der Waals surface area (Å²) in [6.45, 7) is 3.64. The molecule has 0 radical (unpaired) electrons. The number of ether oxygens (including phenoxy) is 3. The Kier molecular flexibility index (Phi) is 7.65. The minimum Gasteiger partial charge on any atom is -0.489 e. The third-order valence-electron chi connectivity index (χ3n) is 4.46. The zero-order valence-electron chi connectivity index (χ0n) is 17.6. The third-order valence-corrected chi connectivity index (χ3v) is 4.46. The van der Waals surface area contributed by atoms with Gasteiger partial charge in [-0.15, -0.1) is 0 Å². The smallest absolute Gasteiger partial charge is 0.344 e. The van der Waals surface area contributed by atoms with E-state index in [9.17, 15) is 9.59 Å². The molecule has 0 atom stereocenters. The minimum atomic E-state index is -0.625. The molecule has 6 nitrogen and oxygen atoms in total. The Labute approximate surface area is 181 Å². The number of hydrogen-bond acceptors (Lipinski definition) is 5. The van der Waals surface area contributed by atoms with Crippen molar-refractivity contribution in [2.75, 3.05) is 18.5 Å². The summed E-state index contributed by atoms with van der Waals surface area (Å²) in [7, 11) is 0. The van der Waals surface area contributed by atoms with Gasteiger partial charge in [0.2, 0.25) is 0 Å². The zero-order chi connectivity index (χ0) is 22.1. The first-order chi connectivity index (χ1) is 15.0. The Morgan fingerprint density at radius 1 is 0.806 bits per heavy atom. The Balaban J connectivity index is 1.38. The lowest BCUT2D eigenvalue weighted by atomic mass is 10.1. The molecule has 160 valence electrons. The molecule has 31 heavy (non-hydrogen) atoms. The highest BCUT2D eigenvalue weighted by molar-refractivity contribution is 5.93. The van der Waals surface area contributed by atoms with Crippen molar-refractivity contribution in [3.8, 4) is 11.5 Å². The van der Waals surface area contributed by atoms with Gasteiger partial charge in [-0.3, -0.25) is 4.79 Å². The maximum atomic E-state index is 12.0. The summed E-state index contributed by atoms with van der Waals surface area (Å²) in [4.78, 5) is 23.9. The maximum Gasteiger partial charge on any atom is 0.344 e. The average Bonchev–Trinajstić information content (AvgIpc) is 2.78. The number of anilines is 1. The van der Waals surface area contributed by atoms with Crippen LogP contribution in [-0.2, 0) is 20.9 Å². The molecule has 6 heteroatoms. The van der Waals surface area contributed by atoms with Gasteiger partial charge in [0.05, 0.1) is 0 Å². The highest BCUT2D eigenvalue weighted by atomic mass is 16.6. The average molecular weight is 419 g/mol. The quantitative estimate of drug-likeness (QED) is 0.519. The molecule has 0 unspecified atom stereocenters. The summed E-state index contributed by atoms with van der Waals surface area (Å²) in [5.74, 6) is 0.174. The van der Waals surface area contributed by atoms with E-state index in [2.05, 4.69) is 5.32 Å². The third kappa shape index (κ3) is 7.19. The van der Waals surface area contributed by atoms with Gasteiger partial charge < -0.3 is 19.5 Å². The fraction of sp³-hybridized carbons (Fsp3) is 0.200. The number of rotatable bonds is 9. The van der Waals surface area contributed by atoms with Gasteiger partial charge in [0.1, 0.15) is 18.1 Å². The normalized spacial score (nSPS) is 10.3. The molecule has 0 aromatic heterocycles. The fourth-order valence-corrected chi connectivity index (χ4v) is 2.76. The van der Waals surface area contributed by atoms with Gasteiger partial charge in [-0.05, 0) is 60.9 Å². The molecule has 0 saturated heterocycles. The zero-order valence-corrected chi connectivity index (χ0v) is 17.6. The second-order valence-electron chi connectivity index (χ2n) is 7.06. The summed E-state index contributed by atoms with van der Waals surface area (Å²) in [6, 6.07) is 22.6. The molecule has 0 aliphatic rings. The van der Waals surface area contributed by atoms with Crippen LogP contribution >= 0.6 is 0 Å². The number of carbonyl (C=O) groups is 2. The topological polar surface area (TPSA) is 73.9 Å². The molecule has 0 bridgehead atoms. The SMILES string of the molecule is Cc1ccc(C)c(NC(=O)COC(=O)COc2ccc(OCc3ccccc3)cc2)c1. The monoisotopic (exact) mass is 419 g/mol. The summed E-state index contributed by atoms with van der Waals surface area (Å²) in [6.07, 6.45) is 0. The van der Waals surface area contributed by atoms with Gasteiger partial charge >= 0.3 is 5.97 Å². The molecule has 0 spiro atoms. The first kappa shape index (κ1) is 21.9. The second kappa shape index (κ2) is 10.8. The maximum absolute atomic E-state index is 12.0. The number of esters is 1.